The molecule has 1 heterocycles. The lowest BCUT2D eigenvalue weighted by Crippen LogP contribution is -2.09. The summed E-state index contributed by atoms with van der Waals surface area (Å²) in [5.41, 5.74) is 0.794. The fraction of sp³-hybridized carbons (Fsp3) is 0.0667. The molecule has 9 heteroatoms. The quantitative estimate of drug-likeness (QED) is 0.123. The number of carbonyl (C=O) groups excluding carboxylic acids is 1. The van der Waals surface area contributed by atoms with E-state index in [1.807, 2.05) is 0 Å². The zero-order valence-corrected chi connectivity index (χ0v) is 20.2. The zero-order chi connectivity index (χ0) is 27.6. The molecule has 5 rings (SSSR count). The van der Waals surface area contributed by atoms with Crippen molar-refractivity contribution in [3.63, 3.8) is 0 Å². The van der Waals surface area contributed by atoms with Crippen molar-refractivity contribution < 1.29 is 27.6 Å². The Morgan fingerprint density at radius 1 is 0.897 bits per heavy atom. The van der Waals surface area contributed by atoms with Crippen molar-refractivity contribution >= 4 is 22.4 Å². The van der Waals surface area contributed by atoms with Gasteiger partial charge in [0.15, 0.2) is 5.78 Å². The second kappa shape index (κ2) is 10.4. The molecule has 6 nitrogen and oxygen atoms in total. The van der Waals surface area contributed by atoms with Gasteiger partial charge < -0.3 is 4.74 Å². The van der Waals surface area contributed by atoms with Gasteiger partial charge in [-0.2, -0.15) is 13.2 Å². The lowest BCUT2D eigenvalue weighted by atomic mass is 9.91. The summed E-state index contributed by atoms with van der Waals surface area (Å²) in [6, 6.07) is 24.8. The van der Waals surface area contributed by atoms with E-state index in [1.165, 1.54) is 30.5 Å². The zero-order valence-electron chi connectivity index (χ0n) is 20.2. The van der Waals surface area contributed by atoms with Crippen molar-refractivity contribution in [3.05, 3.63) is 136 Å². The van der Waals surface area contributed by atoms with E-state index in [9.17, 15) is 28.1 Å². The summed E-state index contributed by atoms with van der Waals surface area (Å²) < 4.78 is 47.3. The molecule has 0 bridgehead atoms. The van der Waals surface area contributed by atoms with E-state index in [4.69, 9.17) is 4.74 Å². The smallest absolute Gasteiger partial charge is 0.418 e. The number of benzene rings is 4. The van der Waals surface area contributed by atoms with Crippen molar-refractivity contribution in [1.82, 2.24) is 4.98 Å². The highest BCUT2D eigenvalue weighted by atomic mass is 19.4. The third-order valence-corrected chi connectivity index (χ3v) is 6.16. The fourth-order valence-corrected chi connectivity index (χ4v) is 4.30. The number of hydrogen-bond acceptors (Lipinski definition) is 5. The molecule has 0 aliphatic carbocycles. The first-order valence-electron chi connectivity index (χ1n) is 11.8. The van der Waals surface area contributed by atoms with E-state index in [0.717, 1.165) is 6.07 Å². The van der Waals surface area contributed by atoms with Crippen molar-refractivity contribution in [2.75, 3.05) is 0 Å². The lowest BCUT2D eigenvalue weighted by molar-refractivity contribution is -0.384. The van der Waals surface area contributed by atoms with Gasteiger partial charge in [-0.05, 0) is 41.5 Å². The van der Waals surface area contributed by atoms with Gasteiger partial charge in [0.25, 0.3) is 5.69 Å². The highest BCUT2D eigenvalue weighted by Gasteiger charge is 2.34. The first-order chi connectivity index (χ1) is 18.7. The Morgan fingerprint density at radius 2 is 1.62 bits per heavy atom. The van der Waals surface area contributed by atoms with E-state index < -0.39 is 16.7 Å². The van der Waals surface area contributed by atoms with Crippen LogP contribution in [0.15, 0.2) is 103 Å². The van der Waals surface area contributed by atoms with Crippen molar-refractivity contribution in [1.29, 1.82) is 0 Å². The van der Waals surface area contributed by atoms with Gasteiger partial charge in [-0.15, -0.1) is 0 Å². The molecule has 0 aliphatic heterocycles. The van der Waals surface area contributed by atoms with Gasteiger partial charge in [0, 0.05) is 40.4 Å². The molecule has 39 heavy (non-hydrogen) atoms. The molecule has 0 unspecified atom stereocenters. The van der Waals surface area contributed by atoms with Crippen molar-refractivity contribution in [2.24, 2.45) is 0 Å². The van der Waals surface area contributed by atoms with E-state index in [-0.39, 0.29) is 34.5 Å². The average Bonchev–Trinajstić information content (AvgIpc) is 2.95. The number of nitrogens with zero attached hydrogens (tertiary/aromatic N) is 2. The maximum absolute atomic E-state index is 13.8. The molecular weight excluding hydrogens is 509 g/mol. The molecule has 0 saturated carbocycles. The van der Waals surface area contributed by atoms with Crippen molar-refractivity contribution in [2.45, 2.75) is 12.8 Å². The molecule has 0 atom stereocenters. The molecule has 4 aromatic carbocycles. The van der Waals surface area contributed by atoms with Gasteiger partial charge >= 0.3 is 6.18 Å². The summed E-state index contributed by atoms with van der Waals surface area (Å²) in [7, 11) is 0. The van der Waals surface area contributed by atoms with Gasteiger partial charge in [0.05, 0.1) is 16.0 Å². The number of halogens is 3. The molecule has 0 amide bonds. The molecular formula is C30H19F3N2O4. The van der Waals surface area contributed by atoms with Crippen LogP contribution in [-0.2, 0) is 12.8 Å². The topological polar surface area (TPSA) is 82.3 Å². The Hall–Kier alpha value is -5.05. The number of alkyl halides is 3. The van der Waals surface area contributed by atoms with Crippen LogP contribution in [-0.4, -0.2) is 15.7 Å². The number of hydrogen-bond donors (Lipinski definition) is 0. The molecule has 0 saturated heterocycles. The number of para-hydroxylation sites is 1. The molecule has 0 aliphatic rings. The minimum Gasteiger partial charge on any atom is -0.489 e. The Morgan fingerprint density at radius 3 is 2.31 bits per heavy atom. The number of aromatic nitrogens is 1. The first kappa shape index (κ1) is 25.6. The highest BCUT2D eigenvalue weighted by molar-refractivity contribution is 6.16. The number of nitro groups is 1. The normalized spacial score (nSPS) is 11.4. The molecule has 5 aromatic rings. The Kier molecular flexibility index (Phi) is 6.81. The second-order valence-electron chi connectivity index (χ2n) is 8.68. The summed E-state index contributed by atoms with van der Waals surface area (Å²) in [6.45, 7) is 0.104. The minimum absolute atomic E-state index is 0.0425. The SMILES string of the molecule is O=C(c1ccccc1)c1cnc2c(C(F)(F)F)cccc2c1-c1cccc(OCc2ccc([N+](=O)[O-])cc2)c1. The maximum atomic E-state index is 13.8. The first-order valence-corrected chi connectivity index (χ1v) is 11.8. The third-order valence-electron chi connectivity index (χ3n) is 6.16. The average molecular weight is 528 g/mol. The monoisotopic (exact) mass is 528 g/mol. The summed E-state index contributed by atoms with van der Waals surface area (Å²) >= 11 is 0. The number of rotatable bonds is 7. The Bertz CT molecular complexity index is 1690. The van der Waals surface area contributed by atoms with Crippen LogP contribution < -0.4 is 4.74 Å². The molecule has 0 N–H and O–H groups in total. The largest absolute Gasteiger partial charge is 0.489 e. The molecule has 0 radical (unpaired) electrons. The van der Waals surface area contributed by atoms with Gasteiger partial charge in [-0.25, -0.2) is 0 Å². The predicted octanol–water partition coefficient (Wildman–Crippen LogP) is 7.64. The number of ketones is 1. The van der Waals surface area contributed by atoms with Crippen LogP contribution in [0.5, 0.6) is 5.75 Å². The number of carbonyl (C=O) groups is 1. The van der Waals surface area contributed by atoms with E-state index in [1.54, 1.807) is 66.7 Å². The van der Waals surface area contributed by atoms with Crippen molar-refractivity contribution in [3.8, 4) is 16.9 Å². The Balaban J connectivity index is 1.59. The number of ether oxygens (including phenoxy) is 1. The van der Waals surface area contributed by atoms with Crippen LogP contribution in [0.25, 0.3) is 22.0 Å². The van der Waals surface area contributed by atoms with E-state index in [0.29, 0.717) is 28.0 Å². The minimum atomic E-state index is -4.63. The second-order valence-corrected chi connectivity index (χ2v) is 8.68. The summed E-state index contributed by atoms with van der Waals surface area (Å²) in [5, 5.41) is 11.1. The summed E-state index contributed by atoms with van der Waals surface area (Å²) in [6.07, 6.45) is -3.45. The number of fused-ring (bicyclic) bond motifs is 1. The molecule has 0 fully saturated rings. The van der Waals surface area contributed by atoms with Crippen LogP contribution in [0.3, 0.4) is 0 Å². The molecule has 194 valence electrons. The van der Waals surface area contributed by atoms with Gasteiger partial charge in [-0.3, -0.25) is 19.9 Å². The summed E-state index contributed by atoms with van der Waals surface area (Å²) in [4.78, 5) is 28.0. The highest BCUT2D eigenvalue weighted by Crippen LogP contribution is 2.39. The van der Waals surface area contributed by atoms with Gasteiger partial charge in [0.1, 0.15) is 12.4 Å². The van der Waals surface area contributed by atoms with Gasteiger partial charge in [0.2, 0.25) is 0 Å². The molecule has 0 spiro atoms. The number of pyridine rings is 1. The third kappa shape index (κ3) is 5.33. The number of non-ortho nitro benzene ring substituents is 1. The number of nitro benzene ring substituents is 1. The van der Waals surface area contributed by atoms with Crippen LogP contribution >= 0.6 is 0 Å². The summed E-state index contributed by atoms with van der Waals surface area (Å²) in [5.74, 6) is 0.0236. The van der Waals surface area contributed by atoms with Crippen LogP contribution in [0.1, 0.15) is 27.0 Å². The fourth-order valence-electron chi connectivity index (χ4n) is 4.30. The Labute approximate surface area is 220 Å². The standard InChI is InChI=1S/C30H19F3N2O4/c31-30(32,33)26-11-5-10-24-27(25(17-34-28(24)26)29(36)20-6-2-1-3-7-20)21-8-4-9-23(16-21)39-18-19-12-14-22(15-13-19)35(37)38/h1-17H,18H2. The van der Waals surface area contributed by atoms with Crippen LogP contribution in [0.2, 0.25) is 0 Å². The van der Waals surface area contributed by atoms with E-state index in [2.05, 4.69) is 4.98 Å². The van der Waals surface area contributed by atoms with E-state index >= 15 is 0 Å². The maximum Gasteiger partial charge on any atom is 0.418 e. The van der Waals surface area contributed by atoms with Crippen LogP contribution in [0.4, 0.5) is 18.9 Å². The van der Waals surface area contributed by atoms with Gasteiger partial charge in [-0.1, -0.05) is 54.6 Å². The molecule has 1 aromatic heterocycles. The van der Waals surface area contributed by atoms with Crippen LogP contribution in [0, 0.1) is 10.1 Å². The lowest BCUT2D eigenvalue weighted by Gasteiger charge is -2.16. The predicted molar refractivity (Wildman–Crippen MR) is 139 cm³/mol.